The fraction of sp³-hybridized carbons (Fsp3) is 0.429. The highest BCUT2D eigenvalue weighted by molar-refractivity contribution is 5.78. The minimum absolute atomic E-state index is 0.0581. The number of allylic oxidation sites excluding steroid dienone is 1. The van der Waals surface area contributed by atoms with Crippen molar-refractivity contribution in [3.8, 4) is 11.3 Å². The third kappa shape index (κ3) is 7.60. The molecule has 1 aliphatic carbocycles. The molecule has 0 atom stereocenters. The van der Waals surface area contributed by atoms with E-state index < -0.39 is 36.2 Å². The standard InChI is InChI=1S/C21H21F6N3O3/c1-13(29-19(31)11-32-16-8-17(9-16)33-21(25,26)27)5-6-30-10-18(28-12-30)14-3-2-4-15(7-14)20(22,23)24/h2-4,7,10,12,16-17H,1,5-6,8-9,11H2,(H,29,31)/t16-,17+. The maximum Gasteiger partial charge on any atom is 0.522 e. The van der Waals surface area contributed by atoms with Crippen molar-refractivity contribution in [2.75, 3.05) is 6.61 Å². The molecular weight excluding hydrogens is 456 g/mol. The highest BCUT2D eigenvalue weighted by Gasteiger charge is 2.40. The van der Waals surface area contributed by atoms with Crippen LogP contribution in [0.15, 0.2) is 49.1 Å². The summed E-state index contributed by atoms with van der Waals surface area (Å²) in [6.45, 7) is 3.78. The van der Waals surface area contributed by atoms with E-state index in [9.17, 15) is 31.1 Å². The van der Waals surface area contributed by atoms with Gasteiger partial charge in [-0.1, -0.05) is 18.7 Å². The van der Waals surface area contributed by atoms with Gasteiger partial charge in [-0.25, -0.2) is 4.98 Å². The van der Waals surface area contributed by atoms with Gasteiger partial charge in [-0.3, -0.25) is 9.53 Å². The maximum absolute atomic E-state index is 12.9. The van der Waals surface area contributed by atoms with Crippen LogP contribution in [0.1, 0.15) is 24.8 Å². The number of halogens is 6. The molecular formula is C21H21F6N3O3. The zero-order chi connectivity index (χ0) is 24.2. The van der Waals surface area contributed by atoms with Crippen molar-refractivity contribution in [1.29, 1.82) is 0 Å². The van der Waals surface area contributed by atoms with E-state index >= 15 is 0 Å². The van der Waals surface area contributed by atoms with Gasteiger partial charge in [-0.15, -0.1) is 13.2 Å². The highest BCUT2D eigenvalue weighted by Crippen LogP contribution is 2.32. The summed E-state index contributed by atoms with van der Waals surface area (Å²) < 4.78 is 85.6. The zero-order valence-electron chi connectivity index (χ0n) is 17.2. The number of carbonyl (C=O) groups is 1. The lowest BCUT2D eigenvalue weighted by Crippen LogP contribution is -2.42. The van der Waals surface area contributed by atoms with E-state index in [0.717, 1.165) is 12.1 Å². The predicted molar refractivity (Wildman–Crippen MR) is 104 cm³/mol. The highest BCUT2D eigenvalue weighted by atomic mass is 19.4. The molecule has 180 valence electrons. The molecule has 1 N–H and O–H groups in total. The number of imidazole rings is 1. The molecule has 1 aliphatic rings. The molecule has 3 rings (SSSR count). The van der Waals surface area contributed by atoms with Crippen molar-refractivity contribution < 1.29 is 40.6 Å². The zero-order valence-corrected chi connectivity index (χ0v) is 17.2. The lowest BCUT2D eigenvalue weighted by molar-refractivity contribution is -0.357. The van der Waals surface area contributed by atoms with Gasteiger partial charge in [0.25, 0.3) is 0 Å². The predicted octanol–water partition coefficient (Wildman–Crippen LogP) is 4.67. The number of benzene rings is 1. The summed E-state index contributed by atoms with van der Waals surface area (Å²) in [6.07, 6.45) is -7.07. The quantitative estimate of drug-likeness (QED) is 0.533. The summed E-state index contributed by atoms with van der Waals surface area (Å²) in [5.41, 5.74) is 0.312. The van der Waals surface area contributed by atoms with Crippen molar-refractivity contribution in [1.82, 2.24) is 14.9 Å². The Kier molecular flexibility index (Phi) is 7.48. The Morgan fingerprint density at radius 3 is 2.58 bits per heavy atom. The molecule has 0 radical (unpaired) electrons. The summed E-state index contributed by atoms with van der Waals surface area (Å²) in [7, 11) is 0. The van der Waals surface area contributed by atoms with E-state index in [-0.39, 0.29) is 19.4 Å². The third-order valence-corrected chi connectivity index (χ3v) is 4.91. The molecule has 1 aromatic carbocycles. The summed E-state index contributed by atoms with van der Waals surface area (Å²) in [4.78, 5) is 16.0. The number of nitrogens with zero attached hydrogens (tertiary/aromatic N) is 2. The Labute approximate surface area is 185 Å². The molecule has 1 saturated carbocycles. The molecule has 0 bridgehead atoms. The van der Waals surface area contributed by atoms with Crippen molar-refractivity contribution in [3.63, 3.8) is 0 Å². The van der Waals surface area contributed by atoms with Gasteiger partial charge in [-0.2, -0.15) is 13.2 Å². The van der Waals surface area contributed by atoms with Crippen LogP contribution in [0.5, 0.6) is 0 Å². The second-order valence-electron chi connectivity index (χ2n) is 7.57. The number of ether oxygens (including phenoxy) is 2. The summed E-state index contributed by atoms with van der Waals surface area (Å²) in [5, 5.41) is 2.54. The van der Waals surface area contributed by atoms with Crippen LogP contribution in [-0.2, 0) is 27.0 Å². The van der Waals surface area contributed by atoms with Gasteiger partial charge >= 0.3 is 12.5 Å². The van der Waals surface area contributed by atoms with Gasteiger partial charge in [-0.05, 0) is 12.1 Å². The van der Waals surface area contributed by atoms with Crippen LogP contribution in [0.25, 0.3) is 11.3 Å². The van der Waals surface area contributed by atoms with Gasteiger partial charge in [0.15, 0.2) is 0 Å². The molecule has 2 aromatic rings. The first kappa shape index (κ1) is 24.8. The van der Waals surface area contributed by atoms with Crippen molar-refractivity contribution in [2.45, 2.75) is 50.6 Å². The van der Waals surface area contributed by atoms with Crippen molar-refractivity contribution >= 4 is 5.91 Å². The number of hydrogen-bond donors (Lipinski definition) is 1. The molecule has 1 aromatic heterocycles. The topological polar surface area (TPSA) is 65.4 Å². The minimum Gasteiger partial charge on any atom is -0.368 e. The van der Waals surface area contributed by atoms with Crippen LogP contribution in [0.4, 0.5) is 26.3 Å². The number of rotatable bonds is 9. The smallest absolute Gasteiger partial charge is 0.368 e. The number of carbonyl (C=O) groups excluding carboxylic acids is 1. The van der Waals surface area contributed by atoms with Crippen LogP contribution < -0.4 is 5.32 Å². The molecule has 0 spiro atoms. The van der Waals surface area contributed by atoms with Gasteiger partial charge < -0.3 is 14.6 Å². The van der Waals surface area contributed by atoms with Gasteiger partial charge in [0.05, 0.1) is 29.8 Å². The van der Waals surface area contributed by atoms with Crippen LogP contribution in [-0.4, -0.2) is 40.6 Å². The lowest BCUT2D eigenvalue weighted by Gasteiger charge is -2.34. The Balaban J connectivity index is 1.38. The molecule has 1 fully saturated rings. The Hall–Kier alpha value is -2.86. The fourth-order valence-corrected chi connectivity index (χ4v) is 3.18. The van der Waals surface area contributed by atoms with Crippen LogP contribution in [0.3, 0.4) is 0 Å². The molecule has 0 aliphatic heterocycles. The van der Waals surface area contributed by atoms with E-state index in [4.69, 9.17) is 4.74 Å². The number of aromatic nitrogens is 2. The third-order valence-electron chi connectivity index (χ3n) is 4.91. The molecule has 33 heavy (non-hydrogen) atoms. The second-order valence-corrected chi connectivity index (χ2v) is 7.57. The van der Waals surface area contributed by atoms with Gasteiger partial charge in [0.1, 0.15) is 6.61 Å². The molecule has 12 heteroatoms. The van der Waals surface area contributed by atoms with E-state index in [2.05, 4.69) is 21.6 Å². The molecule has 6 nitrogen and oxygen atoms in total. The molecule has 1 heterocycles. The number of nitrogens with one attached hydrogen (secondary N) is 1. The lowest BCUT2D eigenvalue weighted by atomic mass is 9.92. The Bertz CT molecular complexity index is 980. The maximum atomic E-state index is 12.9. The summed E-state index contributed by atoms with van der Waals surface area (Å²) in [6, 6.07) is 4.84. The normalized spacial score (nSPS) is 18.6. The van der Waals surface area contributed by atoms with E-state index in [1.807, 2.05) is 0 Å². The first-order chi connectivity index (χ1) is 15.4. The molecule has 1 amide bonds. The average Bonchev–Trinajstić information content (AvgIpc) is 3.16. The van der Waals surface area contributed by atoms with E-state index in [1.54, 1.807) is 10.8 Å². The average molecular weight is 477 g/mol. The van der Waals surface area contributed by atoms with Crippen molar-refractivity contribution in [3.05, 3.63) is 54.6 Å². The summed E-state index contributed by atoms with van der Waals surface area (Å²) in [5.74, 6) is -0.490. The van der Waals surface area contributed by atoms with E-state index in [1.165, 1.54) is 18.5 Å². The Morgan fingerprint density at radius 1 is 1.18 bits per heavy atom. The summed E-state index contributed by atoms with van der Waals surface area (Å²) >= 11 is 0. The van der Waals surface area contributed by atoms with Gasteiger partial charge in [0.2, 0.25) is 5.91 Å². The van der Waals surface area contributed by atoms with Crippen molar-refractivity contribution in [2.24, 2.45) is 0 Å². The second kappa shape index (κ2) is 9.96. The minimum atomic E-state index is -4.69. The molecule has 0 saturated heterocycles. The monoisotopic (exact) mass is 477 g/mol. The number of alkyl halides is 6. The molecule has 0 unspecified atom stereocenters. The van der Waals surface area contributed by atoms with Crippen LogP contribution in [0, 0.1) is 0 Å². The first-order valence-electron chi connectivity index (χ1n) is 9.92. The van der Waals surface area contributed by atoms with Crippen LogP contribution >= 0.6 is 0 Å². The van der Waals surface area contributed by atoms with Crippen LogP contribution in [0.2, 0.25) is 0 Å². The number of amides is 1. The number of hydrogen-bond acceptors (Lipinski definition) is 4. The van der Waals surface area contributed by atoms with Gasteiger partial charge in [0, 0.05) is 43.3 Å². The SMILES string of the molecule is C=C(CCn1cnc(-c2cccc(C(F)(F)F)c2)c1)NC(=O)CO[C@H]1C[C@@H](OC(F)(F)F)C1. The fourth-order valence-electron chi connectivity index (χ4n) is 3.18. The van der Waals surface area contributed by atoms with E-state index in [0.29, 0.717) is 29.9 Å². The largest absolute Gasteiger partial charge is 0.522 e. The Morgan fingerprint density at radius 2 is 1.91 bits per heavy atom. The number of aryl methyl sites for hydroxylation is 1. The first-order valence-corrected chi connectivity index (χ1v) is 9.92.